The fourth-order valence-corrected chi connectivity index (χ4v) is 5.93. The summed E-state index contributed by atoms with van der Waals surface area (Å²) in [6.07, 6.45) is 4.59. The Bertz CT molecular complexity index is 1190. The van der Waals surface area contributed by atoms with Crippen molar-refractivity contribution >= 4 is 17.7 Å². The molecule has 0 radical (unpaired) electrons. The standard InChI is InChI=1S/C30H36FNO4/c1-4-6-19-9-10-23-21(15-19)12-14-32(26(34)7-5-8-27(35)36)29(23)25(33)18-20-16-22-11-13-30(2,3)28(22)24(31)17-20/h9-10,15-17,29H,4-8,11-14,18H2,1-3H3,(H,35,36)/t29-/m1/s1. The lowest BCUT2D eigenvalue weighted by Crippen LogP contribution is -2.44. The third-order valence-electron chi connectivity index (χ3n) is 7.69. The molecule has 2 aromatic carbocycles. The number of amides is 1. The van der Waals surface area contributed by atoms with Crippen molar-refractivity contribution in [2.45, 2.75) is 90.0 Å². The highest BCUT2D eigenvalue weighted by Gasteiger charge is 2.37. The van der Waals surface area contributed by atoms with Gasteiger partial charge in [0.05, 0.1) is 0 Å². The lowest BCUT2D eigenvalue weighted by molar-refractivity contribution is -0.141. The van der Waals surface area contributed by atoms with E-state index >= 15 is 4.39 Å². The van der Waals surface area contributed by atoms with Crippen LogP contribution >= 0.6 is 0 Å². The zero-order valence-corrected chi connectivity index (χ0v) is 21.5. The number of halogens is 1. The van der Waals surface area contributed by atoms with Gasteiger partial charge in [-0.05, 0) is 77.0 Å². The van der Waals surface area contributed by atoms with Gasteiger partial charge >= 0.3 is 5.97 Å². The van der Waals surface area contributed by atoms with Crippen LogP contribution in [0.3, 0.4) is 0 Å². The Morgan fingerprint density at radius 2 is 1.81 bits per heavy atom. The number of nitrogens with zero attached hydrogens (tertiary/aromatic N) is 1. The molecule has 1 heterocycles. The quantitative estimate of drug-likeness (QED) is 0.501. The van der Waals surface area contributed by atoms with Gasteiger partial charge in [0.15, 0.2) is 5.78 Å². The highest BCUT2D eigenvalue weighted by atomic mass is 19.1. The third kappa shape index (κ3) is 5.37. The second-order valence-corrected chi connectivity index (χ2v) is 10.9. The van der Waals surface area contributed by atoms with Gasteiger partial charge in [0, 0.05) is 25.8 Å². The molecule has 0 bridgehead atoms. The Kier molecular flexibility index (Phi) is 7.62. The van der Waals surface area contributed by atoms with Crippen molar-refractivity contribution in [1.82, 2.24) is 4.90 Å². The summed E-state index contributed by atoms with van der Waals surface area (Å²) in [4.78, 5) is 39.4. The molecule has 192 valence electrons. The van der Waals surface area contributed by atoms with Gasteiger partial charge in [-0.15, -0.1) is 0 Å². The number of carboxylic acids is 1. The number of hydrogen-bond acceptors (Lipinski definition) is 3. The molecule has 1 atom stereocenters. The number of carboxylic acid groups (broad SMARTS) is 1. The maximum Gasteiger partial charge on any atom is 0.303 e. The Balaban J connectivity index is 1.63. The summed E-state index contributed by atoms with van der Waals surface area (Å²) in [5.41, 5.74) is 5.28. The van der Waals surface area contributed by atoms with E-state index in [1.165, 1.54) is 11.6 Å². The Morgan fingerprint density at radius 1 is 1.06 bits per heavy atom. The molecule has 0 aromatic heterocycles. The number of Topliss-reactive ketones (excluding diaryl/α,β-unsaturated/α-hetero) is 1. The Morgan fingerprint density at radius 3 is 2.53 bits per heavy atom. The number of carbonyl (C=O) groups is 3. The number of carbonyl (C=O) groups excluding carboxylic acids is 2. The number of ketones is 1. The van der Waals surface area contributed by atoms with Crippen LogP contribution in [0.2, 0.25) is 0 Å². The maximum atomic E-state index is 15.1. The summed E-state index contributed by atoms with van der Waals surface area (Å²) in [6, 6.07) is 8.83. The fraction of sp³-hybridized carbons (Fsp3) is 0.500. The van der Waals surface area contributed by atoms with Crippen LogP contribution in [0.4, 0.5) is 4.39 Å². The SMILES string of the molecule is CCCc1ccc2c(c1)CCN(C(=O)CCCC(=O)O)[C@H]2C(=O)Cc1cc(F)c2c(c1)CCC2(C)C. The summed E-state index contributed by atoms with van der Waals surface area (Å²) >= 11 is 0. The smallest absolute Gasteiger partial charge is 0.303 e. The average molecular weight is 494 g/mol. The highest BCUT2D eigenvalue weighted by molar-refractivity contribution is 5.92. The first-order valence-electron chi connectivity index (χ1n) is 13.1. The van der Waals surface area contributed by atoms with Crippen LogP contribution in [0.5, 0.6) is 0 Å². The van der Waals surface area contributed by atoms with Crippen molar-refractivity contribution < 1.29 is 23.9 Å². The van der Waals surface area contributed by atoms with Gasteiger partial charge in [-0.3, -0.25) is 14.4 Å². The number of fused-ring (bicyclic) bond motifs is 2. The van der Waals surface area contributed by atoms with Crippen molar-refractivity contribution in [1.29, 1.82) is 0 Å². The molecule has 0 fully saturated rings. The second kappa shape index (κ2) is 10.5. The molecule has 2 aromatic rings. The zero-order chi connectivity index (χ0) is 26.0. The molecule has 0 saturated heterocycles. The Hall–Kier alpha value is -3.02. The van der Waals surface area contributed by atoms with E-state index in [1.807, 2.05) is 32.0 Å². The maximum absolute atomic E-state index is 15.1. The van der Waals surface area contributed by atoms with Crippen molar-refractivity contribution in [3.63, 3.8) is 0 Å². The number of benzene rings is 2. The fourth-order valence-electron chi connectivity index (χ4n) is 5.93. The van der Waals surface area contributed by atoms with E-state index < -0.39 is 12.0 Å². The van der Waals surface area contributed by atoms with Crippen molar-refractivity contribution in [3.8, 4) is 0 Å². The van der Waals surface area contributed by atoms with Gasteiger partial charge in [0.25, 0.3) is 0 Å². The minimum Gasteiger partial charge on any atom is -0.481 e. The van der Waals surface area contributed by atoms with E-state index in [0.717, 1.165) is 47.9 Å². The second-order valence-electron chi connectivity index (χ2n) is 10.9. The molecule has 6 heteroatoms. The monoisotopic (exact) mass is 493 g/mol. The minimum absolute atomic E-state index is 0.0460. The molecule has 5 nitrogen and oxygen atoms in total. The molecule has 0 unspecified atom stereocenters. The van der Waals surface area contributed by atoms with Crippen LogP contribution in [0.25, 0.3) is 0 Å². The summed E-state index contributed by atoms with van der Waals surface area (Å²) < 4.78 is 15.1. The van der Waals surface area contributed by atoms with Crippen LogP contribution in [-0.2, 0) is 45.5 Å². The molecular weight excluding hydrogens is 457 g/mol. The molecule has 1 aliphatic heterocycles. The number of aliphatic carboxylic acids is 1. The van der Waals surface area contributed by atoms with Gasteiger partial charge in [-0.2, -0.15) is 0 Å². The zero-order valence-electron chi connectivity index (χ0n) is 21.5. The molecule has 36 heavy (non-hydrogen) atoms. The predicted octanol–water partition coefficient (Wildman–Crippen LogP) is 5.49. The van der Waals surface area contributed by atoms with Crippen molar-refractivity contribution in [2.75, 3.05) is 6.54 Å². The summed E-state index contributed by atoms with van der Waals surface area (Å²) in [6.45, 7) is 6.64. The first-order chi connectivity index (χ1) is 17.1. The van der Waals surface area contributed by atoms with Crippen LogP contribution < -0.4 is 0 Å². The molecule has 4 rings (SSSR count). The molecule has 2 aliphatic rings. The van der Waals surface area contributed by atoms with E-state index in [1.54, 1.807) is 4.90 Å². The minimum atomic E-state index is -0.940. The van der Waals surface area contributed by atoms with Gasteiger partial charge in [-0.1, -0.05) is 51.5 Å². The molecule has 1 N–H and O–H groups in total. The van der Waals surface area contributed by atoms with Gasteiger partial charge in [-0.25, -0.2) is 4.39 Å². The first kappa shape index (κ1) is 26.1. The van der Waals surface area contributed by atoms with Crippen LogP contribution in [0.1, 0.15) is 92.3 Å². The lowest BCUT2D eigenvalue weighted by Gasteiger charge is -2.37. The van der Waals surface area contributed by atoms with Gasteiger partial charge in [0.1, 0.15) is 11.9 Å². The normalized spacial score (nSPS) is 18.0. The first-order valence-corrected chi connectivity index (χ1v) is 13.1. The average Bonchev–Trinajstić information content (AvgIpc) is 3.12. The molecule has 1 amide bonds. The topological polar surface area (TPSA) is 74.7 Å². The molecular formula is C30H36FNO4. The van der Waals surface area contributed by atoms with E-state index in [9.17, 15) is 14.4 Å². The summed E-state index contributed by atoms with van der Waals surface area (Å²) in [5.74, 6) is -1.54. The van der Waals surface area contributed by atoms with E-state index in [-0.39, 0.29) is 48.6 Å². The number of aryl methyl sites for hydroxylation is 2. The van der Waals surface area contributed by atoms with Gasteiger partial charge in [0.2, 0.25) is 5.91 Å². The van der Waals surface area contributed by atoms with Crippen molar-refractivity contribution in [3.05, 3.63) is 69.5 Å². The van der Waals surface area contributed by atoms with E-state index in [0.29, 0.717) is 18.5 Å². The summed E-state index contributed by atoms with van der Waals surface area (Å²) in [5, 5.41) is 8.95. The van der Waals surface area contributed by atoms with E-state index in [4.69, 9.17) is 5.11 Å². The molecule has 1 aliphatic carbocycles. The summed E-state index contributed by atoms with van der Waals surface area (Å²) in [7, 11) is 0. The third-order valence-corrected chi connectivity index (χ3v) is 7.69. The molecule has 0 saturated carbocycles. The highest BCUT2D eigenvalue weighted by Crippen LogP contribution is 2.41. The lowest BCUT2D eigenvalue weighted by atomic mass is 9.84. The van der Waals surface area contributed by atoms with Gasteiger partial charge < -0.3 is 10.0 Å². The number of rotatable bonds is 9. The number of hydrogen-bond donors (Lipinski definition) is 1. The van der Waals surface area contributed by atoms with Crippen LogP contribution in [0, 0.1) is 5.82 Å². The van der Waals surface area contributed by atoms with Crippen LogP contribution in [-0.4, -0.2) is 34.2 Å². The van der Waals surface area contributed by atoms with Crippen molar-refractivity contribution in [2.24, 2.45) is 0 Å². The predicted molar refractivity (Wildman–Crippen MR) is 137 cm³/mol. The Labute approximate surface area is 212 Å². The largest absolute Gasteiger partial charge is 0.481 e. The van der Waals surface area contributed by atoms with Crippen LogP contribution in [0.15, 0.2) is 30.3 Å². The van der Waals surface area contributed by atoms with E-state index in [2.05, 4.69) is 13.0 Å². The molecule has 0 spiro atoms.